The van der Waals surface area contributed by atoms with Crippen molar-refractivity contribution >= 4 is 17.4 Å². The molecule has 0 saturated carbocycles. The van der Waals surface area contributed by atoms with Crippen molar-refractivity contribution in [3.05, 3.63) is 77.9 Å². The van der Waals surface area contributed by atoms with E-state index >= 15 is 0 Å². The largest absolute Gasteiger partial charge is 0.365 e. The molecule has 0 spiro atoms. The number of anilines is 2. The number of H-pyrrole nitrogens is 1. The first kappa shape index (κ1) is 18.1. The number of aromatic nitrogens is 2. The van der Waals surface area contributed by atoms with Gasteiger partial charge in [-0.1, -0.05) is 36.4 Å². The van der Waals surface area contributed by atoms with E-state index in [0.29, 0.717) is 13.1 Å². The maximum absolute atomic E-state index is 12.8. The Balaban J connectivity index is 1.48. The predicted molar refractivity (Wildman–Crippen MR) is 111 cm³/mol. The van der Waals surface area contributed by atoms with Gasteiger partial charge in [0.15, 0.2) is 0 Å². The second kappa shape index (κ2) is 8.17. The van der Waals surface area contributed by atoms with Crippen LogP contribution in [0.4, 0.5) is 16.2 Å². The third-order valence-electron chi connectivity index (χ3n) is 5.14. The molecular formula is C22H25N5O. The SMILES string of the molecule is CCN(C(=O)NCc1ccccc1)c1ccc2c(c1)N(Cc1cnc[nH]1)CC2. The third kappa shape index (κ3) is 3.86. The number of hydrogen-bond donors (Lipinski definition) is 2. The molecule has 0 aliphatic carbocycles. The van der Waals surface area contributed by atoms with Gasteiger partial charge in [-0.05, 0) is 36.6 Å². The summed E-state index contributed by atoms with van der Waals surface area (Å²) < 4.78 is 0. The highest BCUT2D eigenvalue weighted by Gasteiger charge is 2.22. The van der Waals surface area contributed by atoms with Gasteiger partial charge in [-0.15, -0.1) is 0 Å². The number of hydrogen-bond acceptors (Lipinski definition) is 3. The molecule has 1 aliphatic rings. The Bertz CT molecular complexity index is 923. The average Bonchev–Trinajstić information content (AvgIpc) is 3.38. The number of carbonyl (C=O) groups excluding carboxylic acids is 1. The van der Waals surface area contributed by atoms with Crippen LogP contribution in [0.3, 0.4) is 0 Å². The zero-order valence-electron chi connectivity index (χ0n) is 16.1. The van der Waals surface area contributed by atoms with Crippen LogP contribution in [0.1, 0.15) is 23.7 Å². The van der Waals surface area contributed by atoms with Gasteiger partial charge in [0.05, 0.1) is 18.6 Å². The zero-order valence-corrected chi connectivity index (χ0v) is 16.1. The molecule has 144 valence electrons. The van der Waals surface area contributed by atoms with Crippen molar-refractivity contribution in [3.8, 4) is 0 Å². The molecule has 0 fully saturated rings. The minimum atomic E-state index is -0.0792. The van der Waals surface area contributed by atoms with Gasteiger partial charge in [0.1, 0.15) is 0 Å². The highest BCUT2D eigenvalue weighted by atomic mass is 16.2. The number of amides is 2. The van der Waals surface area contributed by atoms with Crippen LogP contribution >= 0.6 is 0 Å². The predicted octanol–water partition coefficient (Wildman–Crippen LogP) is 3.71. The molecule has 2 aromatic carbocycles. The Morgan fingerprint density at radius 2 is 2.11 bits per heavy atom. The Hall–Kier alpha value is -3.28. The molecule has 2 amide bonds. The molecule has 4 rings (SSSR count). The monoisotopic (exact) mass is 375 g/mol. The summed E-state index contributed by atoms with van der Waals surface area (Å²) in [5, 5.41) is 3.02. The Morgan fingerprint density at radius 3 is 2.86 bits per heavy atom. The summed E-state index contributed by atoms with van der Waals surface area (Å²) in [7, 11) is 0. The Labute approximate surface area is 165 Å². The Kier molecular flexibility index (Phi) is 5.28. The molecule has 0 atom stereocenters. The molecule has 1 aromatic heterocycles. The van der Waals surface area contributed by atoms with Crippen LogP contribution in [0, 0.1) is 0 Å². The van der Waals surface area contributed by atoms with Gasteiger partial charge in [0, 0.05) is 37.2 Å². The van der Waals surface area contributed by atoms with Crippen molar-refractivity contribution in [2.24, 2.45) is 0 Å². The Morgan fingerprint density at radius 1 is 1.25 bits per heavy atom. The van der Waals surface area contributed by atoms with Crippen molar-refractivity contribution in [1.82, 2.24) is 15.3 Å². The average molecular weight is 375 g/mol. The lowest BCUT2D eigenvalue weighted by molar-refractivity contribution is 0.246. The summed E-state index contributed by atoms with van der Waals surface area (Å²) in [6, 6.07) is 16.2. The summed E-state index contributed by atoms with van der Waals surface area (Å²) in [5.74, 6) is 0. The van der Waals surface area contributed by atoms with E-state index in [1.807, 2.05) is 49.5 Å². The van der Waals surface area contributed by atoms with E-state index in [2.05, 4.69) is 32.3 Å². The van der Waals surface area contributed by atoms with Crippen LogP contribution in [0.2, 0.25) is 0 Å². The number of aromatic amines is 1. The zero-order chi connectivity index (χ0) is 19.3. The summed E-state index contributed by atoms with van der Waals surface area (Å²) in [6.45, 7) is 4.90. The second-order valence-corrected chi connectivity index (χ2v) is 6.95. The van der Waals surface area contributed by atoms with Gasteiger partial charge < -0.3 is 15.2 Å². The number of rotatable bonds is 6. The van der Waals surface area contributed by atoms with E-state index in [1.54, 1.807) is 11.2 Å². The fraction of sp³-hybridized carbons (Fsp3) is 0.273. The summed E-state index contributed by atoms with van der Waals surface area (Å²) in [5.41, 5.74) is 5.62. The maximum Gasteiger partial charge on any atom is 0.322 e. The third-order valence-corrected chi connectivity index (χ3v) is 5.14. The van der Waals surface area contributed by atoms with Gasteiger partial charge in [-0.3, -0.25) is 4.90 Å². The van der Waals surface area contributed by atoms with Crippen LogP contribution in [-0.4, -0.2) is 29.1 Å². The molecule has 28 heavy (non-hydrogen) atoms. The molecule has 0 radical (unpaired) electrons. The summed E-state index contributed by atoms with van der Waals surface area (Å²) in [4.78, 5) is 24.2. The summed E-state index contributed by atoms with van der Waals surface area (Å²) >= 11 is 0. The van der Waals surface area contributed by atoms with Gasteiger partial charge >= 0.3 is 6.03 Å². The fourth-order valence-electron chi connectivity index (χ4n) is 3.66. The maximum atomic E-state index is 12.8. The smallest absolute Gasteiger partial charge is 0.322 e. The van der Waals surface area contributed by atoms with E-state index in [1.165, 1.54) is 11.3 Å². The minimum Gasteiger partial charge on any atom is -0.365 e. The van der Waals surface area contributed by atoms with E-state index < -0.39 is 0 Å². The van der Waals surface area contributed by atoms with Crippen molar-refractivity contribution in [3.63, 3.8) is 0 Å². The molecule has 2 N–H and O–H groups in total. The molecule has 0 bridgehead atoms. The van der Waals surface area contributed by atoms with Gasteiger partial charge in [-0.25, -0.2) is 9.78 Å². The molecular weight excluding hydrogens is 350 g/mol. The van der Waals surface area contributed by atoms with E-state index in [-0.39, 0.29) is 6.03 Å². The normalized spacial score (nSPS) is 12.7. The van der Waals surface area contributed by atoms with Gasteiger partial charge in [-0.2, -0.15) is 0 Å². The standard InChI is InChI=1S/C22H25N5O/c1-2-27(22(28)24-13-17-6-4-3-5-7-17)20-9-8-18-10-11-26(21(18)12-20)15-19-14-23-16-25-19/h3-9,12,14,16H,2,10-11,13,15H2,1H3,(H,23,25)(H,24,28). The number of urea groups is 1. The van der Waals surface area contributed by atoms with Crippen molar-refractivity contribution in [1.29, 1.82) is 0 Å². The molecule has 3 aromatic rings. The van der Waals surface area contributed by atoms with Crippen LogP contribution in [0.25, 0.3) is 0 Å². The van der Waals surface area contributed by atoms with Crippen LogP contribution in [0.15, 0.2) is 61.1 Å². The highest BCUT2D eigenvalue weighted by molar-refractivity contribution is 5.92. The number of imidazole rings is 1. The molecule has 6 heteroatoms. The first-order chi connectivity index (χ1) is 13.7. The van der Waals surface area contributed by atoms with Crippen molar-refractivity contribution in [2.45, 2.75) is 26.4 Å². The first-order valence-corrected chi connectivity index (χ1v) is 9.69. The minimum absolute atomic E-state index is 0.0792. The van der Waals surface area contributed by atoms with Crippen LogP contribution in [0.5, 0.6) is 0 Å². The second-order valence-electron chi connectivity index (χ2n) is 6.95. The lowest BCUT2D eigenvalue weighted by atomic mass is 10.1. The molecule has 2 heterocycles. The number of benzene rings is 2. The molecule has 1 aliphatic heterocycles. The first-order valence-electron chi connectivity index (χ1n) is 9.69. The number of nitrogens with one attached hydrogen (secondary N) is 2. The fourth-order valence-corrected chi connectivity index (χ4v) is 3.66. The van der Waals surface area contributed by atoms with Crippen LogP contribution in [-0.2, 0) is 19.5 Å². The van der Waals surface area contributed by atoms with Crippen molar-refractivity contribution < 1.29 is 4.79 Å². The lowest BCUT2D eigenvalue weighted by Crippen LogP contribution is -2.39. The number of nitrogens with zero attached hydrogens (tertiary/aromatic N) is 3. The molecule has 0 unspecified atom stereocenters. The molecule has 6 nitrogen and oxygen atoms in total. The van der Waals surface area contributed by atoms with Crippen molar-refractivity contribution in [2.75, 3.05) is 22.9 Å². The highest BCUT2D eigenvalue weighted by Crippen LogP contribution is 2.33. The van der Waals surface area contributed by atoms with Crippen LogP contribution < -0.4 is 15.1 Å². The quantitative estimate of drug-likeness (QED) is 0.690. The van der Waals surface area contributed by atoms with E-state index in [0.717, 1.165) is 36.5 Å². The van der Waals surface area contributed by atoms with E-state index in [4.69, 9.17) is 0 Å². The summed E-state index contributed by atoms with van der Waals surface area (Å²) in [6.07, 6.45) is 4.59. The topological polar surface area (TPSA) is 64.3 Å². The lowest BCUT2D eigenvalue weighted by Gasteiger charge is -2.24. The van der Waals surface area contributed by atoms with Gasteiger partial charge in [0.25, 0.3) is 0 Å². The number of carbonyl (C=O) groups is 1. The number of fused-ring (bicyclic) bond motifs is 1. The van der Waals surface area contributed by atoms with Gasteiger partial charge in [0.2, 0.25) is 0 Å². The van der Waals surface area contributed by atoms with E-state index in [9.17, 15) is 4.79 Å². The molecule has 0 saturated heterocycles.